The lowest BCUT2D eigenvalue weighted by Crippen LogP contribution is -2.37. The van der Waals surface area contributed by atoms with Gasteiger partial charge in [-0.25, -0.2) is 9.97 Å². The third kappa shape index (κ3) is 2.60. The monoisotopic (exact) mass is 225 g/mol. The first kappa shape index (κ1) is 10.7. The normalized spacial score (nSPS) is 24.7. The minimum Gasteiger partial charge on any atom is -0.474 e. The highest BCUT2D eigenvalue weighted by Gasteiger charge is 2.29. The highest BCUT2D eigenvalue weighted by atomic mass is 32.2. The Kier molecular flexibility index (Phi) is 3.43. The molecule has 1 aromatic rings. The molecule has 82 valence electrons. The van der Waals surface area contributed by atoms with E-state index in [4.69, 9.17) is 10.5 Å². The second-order valence-corrected chi connectivity index (χ2v) is 4.54. The number of hydrogen-bond donors (Lipinski definition) is 1. The summed E-state index contributed by atoms with van der Waals surface area (Å²) in [5.41, 5.74) is 5.55. The van der Waals surface area contributed by atoms with Crippen molar-refractivity contribution in [3.63, 3.8) is 0 Å². The van der Waals surface area contributed by atoms with Crippen molar-refractivity contribution < 1.29 is 4.74 Å². The zero-order valence-corrected chi connectivity index (χ0v) is 9.54. The molecule has 0 amide bonds. The second kappa shape index (κ2) is 4.81. The van der Waals surface area contributed by atoms with Crippen LogP contribution in [0.5, 0.6) is 5.88 Å². The Hall–Kier alpha value is -0.810. The fourth-order valence-corrected chi connectivity index (χ4v) is 2.00. The molecule has 0 atom stereocenters. The SMILES string of the molecule is CSc1cc(OC2CC(CN)C2)ncn1. The topological polar surface area (TPSA) is 61.0 Å². The Morgan fingerprint density at radius 1 is 1.53 bits per heavy atom. The quantitative estimate of drug-likeness (QED) is 0.618. The van der Waals surface area contributed by atoms with E-state index in [1.165, 1.54) is 0 Å². The number of nitrogens with two attached hydrogens (primary N) is 1. The van der Waals surface area contributed by atoms with Crippen LogP contribution in [0.1, 0.15) is 12.8 Å². The molecule has 1 saturated carbocycles. The molecular formula is C10H15N3OS. The summed E-state index contributed by atoms with van der Waals surface area (Å²) in [6, 6.07) is 1.88. The van der Waals surface area contributed by atoms with Crippen LogP contribution in [0.3, 0.4) is 0 Å². The van der Waals surface area contributed by atoms with E-state index < -0.39 is 0 Å². The van der Waals surface area contributed by atoms with E-state index in [0.717, 1.165) is 24.4 Å². The Labute approximate surface area is 93.6 Å². The largest absolute Gasteiger partial charge is 0.474 e. The van der Waals surface area contributed by atoms with Crippen LogP contribution in [0, 0.1) is 5.92 Å². The Morgan fingerprint density at radius 3 is 3.00 bits per heavy atom. The Bertz CT molecular complexity index is 328. The van der Waals surface area contributed by atoms with Gasteiger partial charge in [0, 0.05) is 6.07 Å². The molecule has 1 heterocycles. The lowest BCUT2D eigenvalue weighted by molar-refractivity contribution is 0.0644. The average Bonchev–Trinajstić information content (AvgIpc) is 2.23. The molecule has 1 fully saturated rings. The first-order chi connectivity index (χ1) is 7.31. The van der Waals surface area contributed by atoms with Crippen LogP contribution >= 0.6 is 11.8 Å². The predicted octanol–water partition coefficient (Wildman–Crippen LogP) is 1.31. The summed E-state index contributed by atoms with van der Waals surface area (Å²) in [4.78, 5) is 8.17. The van der Waals surface area contributed by atoms with Crippen molar-refractivity contribution in [2.45, 2.75) is 24.0 Å². The fraction of sp³-hybridized carbons (Fsp3) is 0.600. The molecule has 2 rings (SSSR count). The number of hydrogen-bond acceptors (Lipinski definition) is 5. The lowest BCUT2D eigenvalue weighted by atomic mass is 9.82. The van der Waals surface area contributed by atoms with Gasteiger partial charge in [-0.2, -0.15) is 0 Å². The van der Waals surface area contributed by atoms with E-state index >= 15 is 0 Å². The summed E-state index contributed by atoms with van der Waals surface area (Å²) >= 11 is 1.59. The maximum atomic E-state index is 5.70. The zero-order chi connectivity index (χ0) is 10.7. The molecule has 1 aliphatic carbocycles. The molecule has 2 N–H and O–H groups in total. The molecule has 0 radical (unpaired) electrons. The van der Waals surface area contributed by atoms with Gasteiger partial charge >= 0.3 is 0 Å². The van der Waals surface area contributed by atoms with Crippen molar-refractivity contribution in [2.24, 2.45) is 11.7 Å². The smallest absolute Gasteiger partial charge is 0.217 e. The van der Waals surface area contributed by atoms with Crippen LogP contribution in [0.25, 0.3) is 0 Å². The summed E-state index contributed by atoms with van der Waals surface area (Å²) in [5, 5.41) is 0.940. The second-order valence-electron chi connectivity index (χ2n) is 3.71. The summed E-state index contributed by atoms with van der Waals surface area (Å²) < 4.78 is 5.70. The standard InChI is InChI=1S/C10H15N3OS/c1-15-10-4-9(12-6-13-10)14-8-2-7(3-8)5-11/h4,6-8H,2-3,5,11H2,1H3. The van der Waals surface area contributed by atoms with Crippen LogP contribution in [0.2, 0.25) is 0 Å². The molecule has 15 heavy (non-hydrogen) atoms. The molecular weight excluding hydrogens is 210 g/mol. The predicted molar refractivity (Wildman–Crippen MR) is 60.0 cm³/mol. The maximum Gasteiger partial charge on any atom is 0.217 e. The lowest BCUT2D eigenvalue weighted by Gasteiger charge is -2.34. The van der Waals surface area contributed by atoms with Crippen LogP contribution in [0.15, 0.2) is 17.4 Å². The highest BCUT2D eigenvalue weighted by molar-refractivity contribution is 7.98. The van der Waals surface area contributed by atoms with Gasteiger partial charge in [0.15, 0.2) is 0 Å². The number of rotatable bonds is 4. The molecule has 0 bridgehead atoms. The van der Waals surface area contributed by atoms with Gasteiger partial charge in [0.2, 0.25) is 5.88 Å². The van der Waals surface area contributed by atoms with E-state index in [1.807, 2.05) is 12.3 Å². The number of ether oxygens (including phenoxy) is 1. The van der Waals surface area contributed by atoms with E-state index in [1.54, 1.807) is 18.1 Å². The number of thioether (sulfide) groups is 1. The average molecular weight is 225 g/mol. The molecule has 1 aromatic heterocycles. The van der Waals surface area contributed by atoms with Gasteiger partial charge in [0.25, 0.3) is 0 Å². The minimum absolute atomic E-state index is 0.295. The van der Waals surface area contributed by atoms with E-state index in [9.17, 15) is 0 Å². The van der Waals surface area contributed by atoms with Gasteiger partial charge in [-0.15, -0.1) is 11.8 Å². The summed E-state index contributed by atoms with van der Waals surface area (Å²) in [6.07, 6.45) is 5.92. The van der Waals surface area contributed by atoms with Gasteiger partial charge in [-0.1, -0.05) is 0 Å². The van der Waals surface area contributed by atoms with Gasteiger partial charge in [-0.3, -0.25) is 0 Å². The van der Waals surface area contributed by atoms with E-state index in [2.05, 4.69) is 9.97 Å². The number of aromatic nitrogens is 2. The molecule has 0 saturated heterocycles. The van der Waals surface area contributed by atoms with Crippen LogP contribution < -0.4 is 10.5 Å². The van der Waals surface area contributed by atoms with Crippen molar-refractivity contribution in [2.75, 3.05) is 12.8 Å². The van der Waals surface area contributed by atoms with Crippen molar-refractivity contribution >= 4 is 11.8 Å². The first-order valence-corrected chi connectivity index (χ1v) is 6.27. The van der Waals surface area contributed by atoms with Gasteiger partial charge in [0.05, 0.1) is 0 Å². The first-order valence-electron chi connectivity index (χ1n) is 5.04. The van der Waals surface area contributed by atoms with Crippen LogP contribution in [0.4, 0.5) is 0 Å². The third-order valence-electron chi connectivity index (χ3n) is 2.64. The van der Waals surface area contributed by atoms with Crippen LogP contribution in [-0.2, 0) is 0 Å². The van der Waals surface area contributed by atoms with Gasteiger partial charge in [0.1, 0.15) is 17.5 Å². The Balaban J connectivity index is 1.88. The molecule has 4 nitrogen and oxygen atoms in total. The fourth-order valence-electron chi connectivity index (χ4n) is 1.63. The molecule has 0 aromatic carbocycles. The maximum absolute atomic E-state index is 5.70. The van der Waals surface area contributed by atoms with E-state index in [-0.39, 0.29) is 0 Å². The highest BCUT2D eigenvalue weighted by Crippen LogP contribution is 2.30. The Morgan fingerprint density at radius 2 is 2.33 bits per heavy atom. The van der Waals surface area contributed by atoms with E-state index in [0.29, 0.717) is 17.9 Å². The van der Waals surface area contributed by atoms with Crippen molar-refractivity contribution in [3.8, 4) is 5.88 Å². The third-order valence-corrected chi connectivity index (χ3v) is 3.28. The van der Waals surface area contributed by atoms with Gasteiger partial charge in [-0.05, 0) is 31.6 Å². The van der Waals surface area contributed by atoms with Gasteiger partial charge < -0.3 is 10.5 Å². The molecule has 0 spiro atoms. The van der Waals surface area contributed by atoms with Crippen molar-refractivity contribution in [1.29, 1.82) is 0 Å². The summed E-state index contributed by atoms with van der Waals surface area (Å²) in [5.74, 6) is 1.31. The number of nitrogens with zero attached hydrogens (tertiary/aromatic N) is 2. The molecule has 0 aliphatic heterocycles. The van der Waals surface area contributed by atoms with Crippen LogP contribution in [-0.4, -0.2) is 28.9 Å². The van der Waals surface area contributed by atoms with Crippen molar-refractivity contribution in [1.82, 2.24) is 9.97 Å². The van der Waals surface area contributed by atoms with Crippen molar-refractivity contribution in [3.05, 3.63) is 12.4 Å². The summed E-state index contributed by atoms with van der Waals surface area (Å²) in [6.45, 7) is 0.764. The summed E-state index contributed by atoms with van der Waals surface area (Å²) in [7, 11) is 0. The molecule has 5 heteroatoms. The molecule has 0 unspecified atom stereocenters. The zero-order valence-electron chi connectivity index (χ0n) is 8.72. The minimum atomic E-state index is 0.295. The molecule has 1 aliphatic rings.